The van der Waals surface area contributed by atoms with Crippen molar-refractivity contribution in [1.29, 1.82) is 0 Å². The molecule has 4 rings (SSSR count). The first kappa shape index (κ1) is 21.4. The number of primary amides is 1. The number of likely N-dealkylation sites (tertiary alicyclic amines) is 2. The molecule has 0 saturated carbocycles. The molecule has 1 unspecified atom stereocenters. The van der Waals surface area contributed by atoms with Crippen molar-refractivity contribution in [2.45, 2.75) is 19.0 Å². The zero-order valence-electron chi connectivity index (χ0n) is 16.8. The summed E-state index contributed by atoms with van der Waals surface area (Å²) in [4.78, 5) is 31.1. The number of hydrogen-bond acceptors (Lipinski definition) is 5. The van der Waals surface area contributed by atoms with Crippen LogP contribution < -0.4 is 5.73 Å². The lowest BCUT2D eigenvalue weighted by atomic mass is 10.0. The molecule has 10 heteroatoms. The van der Waals surface area contributed by atoms with Gasteiger partial charge in [0, 0.05) is 26.2 Å². The summed E-state index contributed by atoms with van der Waals surface area (Å²) in [7, 11) is 0. The SMILES string of the molecule is NC(=O)c1nc(C(=O)N2CC3CN(CCCc4ccccc4)C[C@H]3C2)c(C(F)(F)F)o1. The Hall–Kier alpha value is -2.88. The predicted molar refractivity (Wildman–Crippen MR) is 104 cm³/mol. The zero-order chi connectivity index (χ0) is 22.2. The summed E-state index contributed by atoms with van der Waals surface area (Å²) in [5.74, 6) is -4.22. The van der Waals surface area contributed by atoms with Gasteiger partial charge in [0.05, 0.1) is 0 Å². The number of fused-ring (bicyclic) bond motifs is 1. The van der Waals surface area contributed by atoms with Gasteiger partial charge in [0.2, 0.25) is 5.76 Å². The van der Waals surface area contributed by atoms with Crippen LogP contribution in [-0.4, -0.2) is 59.3 Å². The Morgan fingerprint density at radius 1 is 1.10 bits per heavy atom. The van der Waals surface area contributed by atoms with Crippen molar-refractivity contribution in [2.24, 2.45) is 17.6 Å². The van der Waals surface area contributed by atoms with E-state index in [4.69, 9.17) is 5.73 Å². The number of carbonyl (C=O) groups excluding carboxylic acids is 2. The molecule has 2 amide bonds. The number of halogens is 3. The van der Waals surface area contributed by atoms with E-state index in [1.165, 1.54) is 10.5 Å². The average Bonchev–Trinajstić information content (AvgIpc) is 3.41. The lowest BCUT2D eigenvalue weighted by Crippen LogP contribution is -2.34. The highest BCUT2D eigenvalue weighted by molar-refractivity contribution is 5.96. The minimum Gasteiger partial charge on any atom is -0.427 e. The fourth-order valence-electron chi connectivity index (χ4n) is 4.50. The van der Waals surface area contributed by atoms with Crippen molar-refractivity contribution < 1.29 is 27.2 Å². The number of oxazole rings is 1. The molecule has 2 saturated heterocycles. The monoisotopic (exact) mass is 436 g/mol. The van der Waals surface area contributed by atoms with Gasteiger partial charge < -0.3 is 20.0 Å². The molecule has 7 nitrogen and oxygen atoms in total. The van der Waals surface area contributed by atoms with E-state index in [9.17, 15) is 22.8 Å². The van der Waals surface area contributed by atoms with Gasteiger partial charge in [-0.3, -0.25) is 9.59 Å². The topological polar surface area (TPSA) is 92.7 Å². The van der Waals surface area contributed by atoms with Gasteiger partial charge in [-0.05, 0) is 36.8 Å². The molecule has 1 aromatic carbocycles. The maximum atomic E-state index is 13.2. The van der Waals surface area contributed by atoms with Gasteiger partial charge in [0.15, 0.2) is 5.69 Å². The number of carbonyl (C=O) groups is 2. The van der Waals surface area contributed by atoms with E-state index < -0.39 is 35.3 Å². The van der Waals surface area contributed by atoms with Crippen LogP contribution in [0.5, 0.6) is 0 Å². The number of alkyl halides is 3. The van der Waals surface area contributed by atoms with E-state index in [1.54, 1.807) is 0 Å². The van der Waals surface area contributed by atoms with Crippen LogP contribution in [0.1, 0.15) is 38.9 Å². The molecule has 3 heterocycles. The van der Waals surface area contributed by atoms with Crippen molar-refractivity contribution in [3.63, 3.8) is 0 Å². The summed E-state index contributed by atoms with van der Waals surface area (Å²) in [6.07, 6.45) is -2.93. The molecule has 0 spiro atoms. The third kappa shape index (κ3) is 4.58. The van der Waals surface area contributed by atoms with Gasteiger partial charge in [0.1, 0.15) is 0 Å². The second-order valence-corrected chi connectivity index (χ2v) is 8.14. The first-order chi connectivity index (χ1) is 14.7. The van der Waals surface area contributed by atoms with E-state index in [1.807, 2.05) is 18.2 Å². The number of hydrogen-bond donors (Lipinski definition) is 1. The largest absolute Gasteiger partial charge is 0.452 e. The molecule has 2 aromatic rings. The van der Waals surface area contributed by atoms with Crippen LogP contribution >= 0.6 is 0 Å². The summed E-state index contributed by atoms with van der Waals surface area (Å²) in [6.45, 7) is 3.27. The van der Waals surface area contributed by atoms with E-state index >= 15 is 0 Å². The molecule has 166 valence electrons. The number of aromatic nitrogens is 1. The van der Waals surface area contributed by atoms with Crippen molar-refractivity contribution in [3.05, 3.63) is 53.2 Å². The van der Waals surface area contributed by atoms with Crippen molar-refractivity contribution in [2.75, 3.05) is 32.7 Å². The van der Waals surface area contributed by atoms with Crippen molar-refractivity contribution in [3.8, 4) is 0 Å². The molecule has 2 aliphatic rings. The number of rotatable bonds is 6. The summed E-state index contributed by atoms with van der Waals surface area (Å²) in [5.41, 5.74) is 5.36. The minimum absolute atomic E-state index is 0.206. The van der Waals surface area contributed by atoms with E-state index in [0.717, 1.165) is 32.5 Å². The third-order valence-corrected chi connectivity index (χ3v) is 5.93. The number of benzene rings is 1. The van der Waals surface area contributed by atoms with Crippen LogP contribution in [0.2, 0.25) is 0 Å². The molecule has 2 aliphatic heterocycles. The summed E-state index contributed by atoms with van der Waals surface area (Å²) in [6, 6.07) is 10.2. The molecule has 0 bridgehead atoms. The smallest absolute Gasteiger partial charge is 0.427 e. The highest BCUT2D eigenvalue weighted by Gasteiger charge is 2.46. The van der Waals surface area contributed by atoms with Crippen LogP contribution in [-0.2, 0) is 12.6 Å². The van der Waals surface area contributed by atoms with E-state index in [2.05, 4.69) is 26.4 Å². The first-order valence-corrected chi connectivity index (χ1v) is 10.2. The summed E-state index contributed by atoms with van der Waals surface area (Å²) < 4.78 is 44.1. The summed E-state index contributed by atoms with van der Waals surface area (Å²) >= 11 is 0. The molecule has 31 heavy (non-hydrogen) atoms. The highest BCUT2D eigenvalue weighted by atomic mass is 19.4. The van der Waals surface area contributed by atoms with E-state index in [-0.39, 0.29) is 11.8 Å². The van der Waals surface area contributed by atoms with Crippen LogP contribution in [0.3, 0.4) is 0 Å². The minimum atomic E-state index is -4.95. The van der Waals surface area contributed by atoms with Gasteiger partial charge in [-0.25, -0.2) is 0 Å². The number of nitrogens with two attached hydrogens (primary N) is 1. The van der Waals surface area contributed by atoms with Crippen LogP contribution in [0.15, 0.2) is 34.7 Å². The molecule has 2 N–H and O–H groups in total. The number of aryl methyl sites for hydroxylation is 1. The maximum Gasteiger partial charge on any atom is 0.452 e. The Labute approximate surface area is 177 Å². The molecule has 2 fully saturated rings. The normalized spacial score (nSPS) is 21.5. The standard InChI is InChI=1S/C21H23F3N4O3/c22-21(23,24)17-16(26-19(31-17)18(25)29)20(30)28-11-14-9-27(10-15(14)12-28)8-4-7-13-5-2-1-3-6-13/h1-3,5-6,14-15H,4,7-12H2,(H2,25,29)/t14-,15?/m0/s1. The number of nitrogens with zero attached hydrogens (tertiary/aromatic N) is 3. The zero-order valence-corrected chi connectivity index (χ0v) is 16.8. The van der Waals surface area contributed by atoms with Crippen LogP contribution in [0.4, 0.5) is 13.2 Å². The second kappa shape index (κ2) is 8.33. The lowest BCUT2D eigenvalue weighted by molar-refractivity contribution is -0.153. The molecule has 0 radical (unpaired) electrons. The molecule has 1 aromatic heterocycles. The molecule has 0 aliphatic carbocycles. The van der Waals surface area contributed by atoms with E-state index in [0.29, 0.717) is 13.1 Å². The first-order valence-electron chi connectivity index (χ1n) is 10.2. The van der Waals surface area contributed by atoms with Crippen LogP contribution in [0, 0.1) is 11.8 Å². The van der Waals surface area contributed by atoms with Crippen molar-refractivity contribution in [1.82, 2.24) is 14.8 Å². The maximum absolute atomic E-state index is 13.2. The Kier molecular flexibility index (Phi) is 5.74. The van der Waals surface area contributed by atoms with Gasteiger partial charge in [-0.15, -0.1) is 0 Å². The molecule has 2 atom stereocenters. The number of amides is 2. The summed E-state index contributed by atoms with van der Waals surface area (Å²) in [5, 5.41) is 0. The second-order valence-electron chi connectivity index (χ2n) is 8.14. The molecular formula is C21H23F3N4O3. The van der Waals surface area contributed by atoms with Gasteiger partial charge in [-0.1, -0.05) is 30.3 Å². The fourth-order valence-corrected chi connectivity index (χ4v) is 4.50. The average molecular weight is 436 g/mol. The molecular weight excluding hydrogens is 413 g/mol. The van der Waals surface area contributed by atoms with Crippen LogP contribution in [0.25, 0.3) is 0 Å². The highest BCUT2D eigenvalue weighted by Crippen LogP contribution is 2.36. The fraction of sp³-hybridized carbons (Fsp3) is 0.476. The van der Waals surface area contributed by atoms with Gasteiger partial charge in [0.25, 0.3) is 11.8 Å². The van der Waals surface area contributed by atoms with Gasteiger partial charge in [-0.2, -0.15) is 18.2 Å². The Bertz CT molecular complexity index is 947. The quantitative estimate of drug-likeness (QED) is 0.751. The van der Waals surface area contributed by atoms with Crippen molar-refractivity contribution >= 4 is 11.8 Å². The predicted octanol–water partition coefficient (Wildman–Crippen LogP) is 2.43. The lowest BCUT2D eigenvalue weighted by Gasteiger charge is -2.21. The Balaban J connectivity index is 1.34. The van der Waals surface area contributed by atoms with Gasteiger partial charge >= 0.3 is 12.1 Å². The third-order valence-electron chi connectivity index (χ3n) is 5.93. The Morgan fingerprint density at radius 3 is 2.32 bits per heavy atom. The Morgan fingerprint density at radius 2 is 1.74 bits per heavy atom.